The van der Waals surface area contributed by atoms with Crippen LogP contribution in [-0.4, -0.2) is 12.5 Å². The summed E-state index contributed by atoms with van der Waals surface area (Å²) in [4.78, 5) is 12.1. The Morgan fingerprint density at radius 2 is 2.04 bits per heavy atom. The number of nitrogens with zero attached hydrogens (tertiary/aromatic N) is 1. The maximum atomic E-state index is 13.0. The van der Waals surface area contributed by atoms with Gasteiger partial charge in [0.2, 0.25) is 0 Å². The fourth-order valence-corrected chi connectivity index (χ4v) is 3.14. The van der Waals surface area contributed by atoms with Gasteiger partial charge in [-0.3, -0.25) is 4.79 Å². The highest BCUT2D eigenvalue weighted by Crippen LogP contribution is 2.22. The molecule has 0 bridgehead atoms. The molecule has 0 unspecified atom stereocenters. The molecule has 2 aromatic rings. The molecule has 1 heterocycles. The smallest absolute Gasteiger partial charge is 0.280 e. The van der Waals surface area contributed by atoms with E-state index < -0.39 is 0 Å². The van der Waals surface area contributed by atoms with Crippen LogP contribution >= 0.6 is 11.3 Å². The Morgan fingerprint density at radius 1 is 1.35 bits per heavy atom. The summed E-state index contributed by atoms with van der Waals surface area (Å²) in [6.45, 7) is 4.37. The van der Waals surface area contributed by atoms with E-state index >= 15 is 0 Å². The fourth-order valence-electron chi connectivity index (χ4n) is 2.38. The summed E-state index contributed by atoms with van der Waals surface area (Å²) >= 11 is 1.33. The van der Waals surface area contributed by atoms with Gasteiger partial charge >= 0.3 is 0 Å². The molecule has 120 valence electrons. The third-order valence-corrected chi connectivity index (χ3v) is 4.40. The Hall–Kier alpha value is -2.23. The lowest BCUT2D eigenvalue weighted by atomic mass is 9.96. The molecule has 4 nitrogen and oxygen atoms in total. The average Bonchev–Trinajstić information content (AvgIpc) is 2.96. The van der Waals surface area contributed by atoms with Crippen molar-refractivity contribution in [2.24, 2.45) is 5.92 Å². The van der Waals surface area contributed by atoms with Gasteiger partial charge in [0.1, 0.15) is 22.9 Å². The van der Waals surface area contributed by atoms with Crippen LogP contribution in [-0.2, 0) is 4.79 Å². The maximum absolute atomic E-state index is 13.0. The third kappa shape index (κ3) is 4.62. The summed E-state index contributed by atoms with van der Waals surface area (Å²) < 4.78 is 13.0. The number of nitrogens with two attached hydrogens (primary N) is 1. The first-order valence-corrected chi connectivity index (χ1v) is 8.25. The lowest BCUT2D eigenvalue weighted by molar-refractivity contribution is -0.692. The van der Waals surface area contributed by atoms with E-state index in [4.69, 9.17) is 5.26 Å². The highest BCUT2D eigenvalue weighted by molar-refractivity contribution is 7.14. The van der Waals surface area contributed by atoms with Gasteiger partial charge in [-0.15, -0.1) is 11.3 Å². The minimum atomic E-state index is -0.268. The number of halogens is 1. The van der Waals surface area contributed by atoms with Crippen LogP contribution in [0.15, 0.2) is 35.7 Å². The van der Waals surface area contributed by atoms with Crippen LogP contribution in [0.25, 0.3) is 0 Å². The molecule has 0 aliphatic carbocycles. The molecule has 0 saturated carbocycles. The van der Waals surface area contributed by atoms with E-state index in [0.29, 0.717) is 16.5 Å². The second kappa shape index (κ2) is 7.86. The van der Waals surface area contributed by atoms with E-state index in [1.165, 1.54) is 23.5 Å². The lowest BCUT2D eigenvalue weighted by Crippen LogP contribution is -2.88. The molecule has 0 radical (unpaired) electrons. The molecule has 0 saturated heterocycles. The number of hydrogen-bond donors (Lipinski definition) is 2. The topological polar surface area (TPSA) is 69.5 Å². The van der Waals surface area contributed by atoms with Crippen molar-refractivity contribution in [1.29, 1.82) is 5.26 Å². The predicted octanol–water partition coefficient (Wildman–Crippen LogP) is 2.66. The van der Waals surface area contributed by atoms with Crippen LogP contribution < -0.4 is 10.6 Å². The first-order valence-electron chi connectivity index (χ1n) is 7.37. The zero-order chi connectivity index (χ0) is 16.8. The molecular formula is C17H19FN3OS+. The van der Waals surface area contributed by atoms with Gasteiger partial charge < -0.3 is 10.6 Å². The highest BCUT2D eigenvalue weighted by atomic mass is 32.1. The van der Waals surface area contributed by atoms with Crippen LogP contribution in [0.4, 0.5) is 9.39 Å². The SMILES string of the molecule is CC(C)[C@H]([NH2+]CC(=O)Nc1sccc1C#N)c1ccc(F)cc1. The van der Waals surface area contributed by atoms with Crippen LogP contribution in [0.3, 0.4) is 0 Å². The Morgan fingerprint density at radius 3 is 2.65 bits per heavy atom. The van der Waals surface area contributed by atoms with E-state index in [1.54, 1.807) is 23.6 Å². The molecule has 3 N–H and O–H groups in total. The van der Waals surface area contributed by atoms with Crippen molar-refractivity contribution in [2.75, 3.05) is 11.9 Å². The normalized spacial score (nSPS) is 12.0. The van der Waals surface area contributed by atoms with Gasteiger partial charge in [-0.25, -0.2) is 4.39 Å². The van der Waals surface area contributed by atoms with Crippen molar-refractivity contribution in [2.45, 2.75) is 19.9 Å². The molecule has 1 amide bonds. The highest BCUT2D eigenvalue weighted by Gasteiger charge is 2.21. The number of amides is 1. The molecule has 1 aromatic carbocycles. The monoisotopic (exact) mass is 332 g/mol. The number of carbonyl (C=O) groups excluding carboxylic acids is 1. The van der Waals surface area contributed by atoms with Gasteiger partial charge in [0.25, 0.3) is 5.91 Å². The van der Waals surface area contributed by atoms with Gasteiger partial charge in [-0.1, -0.05) is 26.0 Å². The van der Waals surface area contributed by atoms with Gasteiger partial charge in [-0.05, 0) is 23.6 Å². The molecule has 0 fully saturated rings. The summed E-state index contributed by atoms with van der Waals surface area (Å²) in [6.07, 6.45) is 0. The molecular weight excluding hydrogens is 313 g/mol. The summed E-state index contributed by atoms with van der Waals surface area (Å²) in [7, 11) is 0. The zero-order valence-corrected chi connectivity index (χ0v) is 13.9. The molecule has 1 aromatic heterocycles. The summed E-state index contributed by atoms with van der Waals surface area (Å²) in [6, 6.07) is 10.2. The van der Waals surface area contributed by atoms with E-state index in [-0.39, 0.29) is 24.3 Å². The Balaban J connectivity index is 1.97. The lowest BCUT2D eigenvalue weighted by Gasteiger charge is -2.19. The van der Waals surface area contributed by atoms with E-state index in [1.807, 2.05) is 11.4 Å². The van der Waals surface area contributed by atoms with Crippen LogP contribution in [0.2, 0.25) is 0 Å². The quantitative estimate of drug-likeness (QED) is 0.854. The number of hydrogen-bond acceptors (Lipinski definition) is 3. The van der Waals surface area contributed by atoms with Crippen LogP contribution in [0, 0.1) is 23.1 Å². The fraction of sp³-hybridized carbons (Fsp3) is 0.294. The van der Waals surface area contributed by atoms with E-state index in [9.17, 15) is 9.18 Å². The summed E-state index contributed by atoms with van der Waals surface area (Å²) in [5.41, 5.74) is 1.46. The number of rotatable bonds is 6. The zero-order valence-electron chi connectivity index (χ0n) is 13.0. The van der Waals surface area contributed by atoms with Crippen molar-refractivity contribution in [1.82, 2.24) is 0 Å². The number of thiophene rings is 1. The standard InChI is InChI=1S/C17H18FN3OS/c1-11(2)16(12-3-5-14(18)6-4-12)20-10-15(22)21-17-13(9-19)7-8-23-17/h3-8,11,16,20H,10H2,1-2H3,(H,21,22)/p+1/t16-/m0/s1. The van der Waals surface area contributed by atoms with Crippen molar-refractivity contribution in [3.8, 4) is 6.07 Å². The third-order valence-electron chi connectivity index (χ3n) is 3.57. The molecule has 0 aliphatic rings. The van der Waals surface area contributed by atoms with Crippen LogP contribution in [0.5, 0.6) is 0 Å². The molecule has 2 rings (SSSR count). The average molecular weight is 332 g/mol. The number of nitrogens with one attached hydrogen (secondary N) is 1. The first-order chi connectivity index (χ1) is 11.0. The predicted molar refractivity (Wildman–Crippen MR) is 88.4 cm³/mol. The summed E-state index contributed by atoms with van der Waals surface area (Å²) in [5.74, 6) is -0.128. The van der Waals surface area contributed by atoms with E-state index in [0.717, 1.165) is 5.56 Å². The minimum absolute atomic E-state index is 0.0696. The summed E-state index contributed by atoms with van der Waals surface area (Å²) in [5, 5.41) is 16.0. The van der Waals surface area contributed by atoms with Gasteiger partial charge in [0.05, 0.1) is 5.56 Å². The number of anilines is 1. The van der Waals surface area contributed by atoms with Gasteiger partial charge in [0, 0.05) is 11.5 Å². The van der Waals surface area contributed by atoms with Crippen molar-refractivity contribution < 1.29 is 14.5 Å². The van der Waals surface area contributed by atoms with E-state index in [2.05, 4.69) is 19.2 Å². The first kappa shape index (κ1) is 17.1. The second-order valence-corrected chi connectivity index (χ2v) is 6.50. The van der Waals surface area contributed by atoms with Crippen molar-refractivity contribution in [3.63, 3.8) is 0 Å². The van der Waals surface area contributed by atoms with Crippen molar-refractivity contribution in [3.05, 3.63) is 52.7 Å². The molecule has 23 heavy (non-hydrogen) atoms. The second-order valence-electron chi connectivity index (χ2n) is 5.58. The number of carbonyl (C=O) groups is 1. The number of nitriles is 1. The Kier molecular flexibility index (Phi) is 5.85. The largest absolute Gasteiger partial charge is 0.332 e. The van der Waals surface area contributed by atoms with Gasteiger partial charge in [-0.2, -0.15) is 5.26 Å². The minimum Gasteiger partial charge on any atom is -0.332 e. The number of quaternary nitrogens is 1. The molecule has 0 aliphatic heterocycles. The molecule has 1 atom stereocenters. The Bertz CT molecular complexity index is 703. The molecule has 6 heteroatoms. The Labute approximate surface area is 139 Å². The van der Waals surface area contributed by atoms with Crippen LogP contribution in [0.1, 0.15) is 31.0 Å². The van der Waals surface area contributed by atoms with Gasteiger partial charge in [0.15, 0.2) is 6.54 Å². The maximum Gasteiger partial charge on any atom is 0.280 e. The number of benzene rings is 1. The molecule has 0 spiro atoms. The van der Waals surface area contributed by atoms with Crippen molar-refractivity contribution >= 4 is 22.2 Å².